The highest BCUT2D eigenvalue weighted by atomic mass is 16.2. The Morgan fingerprint density at radius 1 is 1.26 bits per heavy atom. The molecule has 1 aromatic carbocycles. The van der Waals surface area contributed by atoms with Crippen LogP contribution in [-0.2, 0) is 4.79 Å². The predicted octanol–water partition coefficient (Wildman–Crippen LogP) is 0.520. The molecule has 0 aliphatic heterocycles. The van der Waals surface area contributed by atoms with Crippen LogP contribution >= 0.6 is 0 Å². The number of amides is 2. The zero-order valence-corrected chi connectivity index (χ0v) is 11.4. The minimum absolute atomic E-state index is 0.0632. The first-order valence-electron chi connectivity index (χ1n) is 6.04. The van der Waals surface area contributed by atoms with Gasteiger partial charge in [0.15, 0.2) is 0 Å². The highest BCUT2D eigenvalue weighted by molar-refractivity contribution is 5.98. The number of primary amides is 1. The zero-order valence-electron chi connectivity index (χ0n) is 11.4. The van der Waals surface area contributed by atoms with Gasteiger partial charge in [-0.25, -0.2) is 0 Å². The molecule has 1 atom stereocenters. The molecular weight excluding hydrogens is 244 g/mol. The maximum atomic E-state index is 12.1. The summed E-state index contributed by atoms with van der Waals surface area (Å²) >= 11 is 0. The smallest absolute Gasteiger partial charge is 0.252 e. The number of carbonyl (C=O) groups is 2. The van der Waals surface area contributed by atoms with Crippen LogP contribution in [0.3, 0.4) is 0 Å². The van der Waals surface area contributed by atoms with E-state index in [2.05, 4.69) is 10.7 Å². The zero-order chi connectivity index (χ0) is 14.6. The highest BCUT2D eigenvalue weighted by Gasteiger charge is 2.22. The first kappa shape index (κ1) is 15.0. The topological polar surface area (TPSA) is 110 Å². The number of hydrogen-bond donors (Lipinski definition) is 4. The van der Waals surface area contributed by atoms with Crippen molar-refractivity contribution in [2.45, 2.75) is 26.8 Å². The van der Waals surface area contributed by atoms with E-state index in [1.807, 2.05) is 13.8 Å². The fraction of sp³-hybridized carbons (Fsp3) is 0.385. The molecular formula is C13H20N4O2. The number of nitrogens with one attached hydrogen (secondary N) is 2. The Morgan fingerprint density at radius 3 is 2.32 bits per heavy atom. The van der Waals surface area contributed by atoms with Gasteiger partial charge in [0.25, 0.3) is 5.91 Å². The van der Waals surface area contributed by atoms with Gasteiger partial charge in [-0.2, -0.15) is 0 Å². The van der Waals surface area contributed by atoms with Crippen molar-refractivity contribution >= 4 is 17.5 Å². The van der Waals surface area contributed by atoms with E-state index in [1.54, 1.807) is 25.1 Å². The molecule has 1 aromatic rings. The number of nitrogen functional groups attached to an aromatic ring is 1. The number of hydrogen-bond acceptors (Lipinski definition) is 4. The molecule has 0 aromatic heterocycles. The molecule has 6 nitrogen and oxygen atoms in total. The molecule has 1 unspecified atom stereocenters. The van der Waals surface area contributed by atoms with Gasteiger partial charge in [-0.1, -0.05) is 13.8 Å². The molecule has 0 heterocycles. The van der Waals surface area contributed by atoms with Crippen molar-refractivity contribution in [3.63, 3.8) is 0 Å². The largest absolute Gasteiger partial charge is 0.368 e. The van der Waals surface area contributed by atoms with Crippen LogP contribution in [0.5, 0.6) is 0 Å². The summed E-state index contributed by atoms with van der Waals surface area (Å²) in [5, 5.41) is 2.65. The molecule has 0 saturated heterocycles. The van der Waals surface area contributed by atoms with E-state index < -0.39 is 11.9 Å². The summed E-state index contributed by atoms with van der Waals surface area (Å²) < 4.78 is 0. The second-order valence-corrected chi connectivity index (χ2v) is 4.77. The molecule has 0 fully saturated rings. The van der Waals surface area contributed by atoms with E-state index in [1.165, 1.54) is 0 Å². The summed E-state index contributed by atoms with van der Waals surface area (Å²) in [5.41, 5.74) is 9.74. The number of hydrazine groups is 1. The van der Waals surface area contributed by atoms with E-state index >= 15 is 0 Å². The van der Waals surface area contributed by atoms with Crippen molar-refractivity contribution < 1.29 is 9.59 Å². The molecule has 0 aliphatic carbocycles. The lowest BCUT2D eigenvalue weighted by Gasteiger charge is -2.19. The molecule has 0 spiro atoms. The summed E-state index contributed by atoms with van der Waals surface area (Å²) in [4.78, 5) is 23.4. The Morgan fingerprint density at radius 2 is 1.89 bits per heavy atom. The number of nitrogens with two attached hydrogens (primary N) is 2. The van der Waals surface area contributed by atoms with Gasteiger partial charge in [-0.15, -0.1) is 0 Å². The Kier molecular flexibility index (Phi) is 4.88. The van der Waals surface area contributed by atoms with Crippen LogP contribution < -0.4 is 22.3 Å². The number of carbonyl (C=O) groups excluding carboxylic acids is 2. The van der Waals surface area contributed by atoms with Gasteiger partial charge < -0.3 is 16.5 Å². The molecule has 0 bridgehead atoms. The summed E-state index contributed by atoms with van der Waals surface area (Å²) in [6.07, 6.45) is 0. The molecule has 6 N–H and O–H groups in total. The Hall–Kier alpha value is -2.08. The Labute approximate surface area is 112 Å². The van der Waals surface area contributed by atoms with Crippen molar-refractivity contribution in [1.82, 2.24) is 5.32 Å². The minimum atomic E-state index is -0.681. The second kappa shape index (κ2) is 6.19. The van der Waals surface area contributed by atoms with E-state index in [4.69, 9.17) is 11.6 Å². The van der Waals surface area contributed by atoms with Crippen molar-refractivity contribution in [1.29, 1.82) is 0 Å². The van der Waals surface area contributed by atoms with E-state index in [9.17, 15) is 9.59 Å². The maximum absolute atomic E-state index is 12.1. The summed E-state index contributed by atoms with van der Waals surface area (Å²) in [6.45, 7) is 5.44. The summed E-state index contributed by atoms with van der Waals surface area (Å²) in [7, 11) is 0. The standard InChI is InChI=1S/C13H20N4O2/c1-7(2)11(12(14)18)16-13(19)10-5-4-9(17-15)6-8(10)3/h4-7,11,17H,15H2,1-3H3,(H2,14,18)(H,16,19). The maximum Gasteiger partial charge on any atom is 0.252 e. The van der Waals surface area contributed by atoms with Crippen LogP contribution in [-0.4, -0.2) is 17.9 Å². The van der Waals surface area contributed by atoms with Crippen LogP contribution in [0.25, 0.3) is 0 Å². The summed E-state index contributed by atoms with van der Waals surface area (Å²) in [5.74, 6) is 4.37. The Bertz CT molecular complexity index is 486. The molecule has 2 amide bonds. The van der Waals surface area contributed by atoms with Crippen molar-refractivity contribution in [3.05, 3.63) is 29.3 Å². The third-order valence-corrected chi connectivity index (χ3v) is 2.90. The quantitative estimate of drug-likeness (QED) is 0.459. The first-order chi connectivity index (χ1) is 8.86. The average Bonchev–Trinajstić information content (AvgIpc) is 2.34. The molecule has 0 radical (unpaired) electrons. The van der Waals surface area contributed by atoms with Crippen molar-refractivity contribution in [2.24, 2.45) is 17.5 Å². The number of anilines is 1. The summed E-state index contributed by atoms with van der Waals surface area (Å²) in [6, 6.07) is 4.41. The van der Waals surface area contributed by atoms with Crippen LogP contribution in [0.4, 0.5) is 5.69 Å². The van der Waals surface area contributed by atoms with Crippen LogP contribution in [0.2, 0.25) is 0 Å². The molecule has 0 saturated carbocycles. The number of benzene rings is 1. The number of aryl methyl sites for hydroxylation is 1. The lowest BCUT2D eigenvalue weighted by atomic mass is 10.0. The van der Waals surface area contributed by atoms with Gasteiger partial charge in [0.05, 0.1) is 0 Å². The van der Waals surface area contributed by atoms with Gasteiger partial charge in [-0.3, -0.25) is 15.4 Å². The molecule has 19 heavy (non-hydrogen) atoms. The monoisotopic (exact) mass is 264 g/mol. The van der Waals surface area contributed by atoms with Crippen molar-refractivity contribution in [2.75, 3.05) is 5.43 Å². The fourth-order valence-electron chi connectivity index (χ4n) is 1.79. The third kappa shape index (κ3) is 3.69. The molecule has 1 rings (SSSR count). The highest BCUT2D eigenvalue weighted by Crippen LogP contribution is 2.15. The van der Waals surface area contributed by atoms with E-state index in [0.29, 0.717) is 11.3 Å². The van der Waals surface area contributed by atoms with Gasteiger partial charge in [0.2, 0.25) is 5.91 Å². The van der Waals surface area contributed by atoms with E-state index in [-0.39, 0.29) is 11.8 Å². The van der Waals surface area contributed by atoms with E-state index in [0.717, 1.165) is 5.56 Å². The van der Waals surface area contributed by atoms with Crippen molar-refractivity contribution in [3.8, 4) is 0 Å². The number of rotatable bonds is 5. The van der Waals surface area contributed by atoms with Gasteiger partial charge >= 0.3 is 0 Å². The molecule has 6 heteroatoms. The third-order valence-electron chi connectivity index (χ3n) is 2.90. The van der Waals surface area contributed by atoms with Crippen LogP contribution in [0.1, 0.15) is 29.8 Å². The van der Waals surface area contributed by atoms with Gasteiger partial charge in [-0.05, 0) is 36.6 Å². The van der Waals surface area contributed by atoms with Crippen LogP contribution in [0.15, 0.2) is 18.2 Å². The molecule has 104 valence electrons. The van der Waals surface area contributed by atoms with Crippen LogP contribution in [0, 0.1) is 12.8 Å². The normalized spacial score (nSPS) is 12.1. The lowest BCUT2D eigenvalue weighted by molar-refractivity contribution is -0.120. The SMILES string of the molecule is Cc1cc(NN)ccc1C(=O)NC(C(N)=O)C(C)C. The minimum Gasteiger partial charge on any atom is -0.368 e. The molecule has 0 aliphatic rings. The van der Waals surface area contributed by atoms with Gasteiger partial charge in [0.1, 0.15) is 6.04 Å². The predicted molar refractivity (Wildman–Crippen MR) is 74.3 cm³/mol. The second-order valence-electron chi connectivity index (χ2n) is 4.77. The van der Waals surface area contributed by atoms with Gasteiger partial charge in [0, 0.05) is 11.3 Å². The average molecular weight is 264 g/mol. The first-order valence-corrected chi connectivity index (χ1v) is 6.04. The fourth-order valence-corrected chi connectivity index (χ4v) is 1.79. The Balaban J connectivity index is 2.91. The lowest BCUT2D eigenvalue weighted by Crippen LogP contribution is -2.47.